The molecule has 0 saturated heterocycles. The number of aromatic nitrogens is 2. The van der Waals surface area contributed by atoms with E-state index in [1.165, 1.54) is 12.8 Å². The summed E-state index contributed by atoms with van der Waals surface area (Å²) < 4.78 is 3.13. The molecule has 0 aliphatic heterocycles. The highest BCUT2D eigenvalue weighted by Gasteiger charge is 2.22. The molecule has 86 valence electrons. The van der Waals surface area contributed by atoms with Gasteiger partial charge in [-0.1, -0.05) is 6.92 Å². The summed E-state index contributed by atoms with van der Waals surface area (Å²) in [5.41, 5.74) is 0.798. The maximum Gasteiger partial charge on any atom is 0.233 e. The second-order valence-corrected chi connectivity index (χ2v) is 4.98. The summed E-state index contributed by atoms with van der Waals surface area (Å²) in [6, 6.07) is 1.80. The Bertz CT molecular complexity index is 368. The highest BCUT2D eigenvalue weighted by atomic mass is 32.2. The first-order valence-electron chi connectivity index (χ1n) is 5.53. The van der Waals surface area contributed by atoms with Crippen molar-refractivity contribution >= 4 is 24.2 Å². The van der Waals surface area contributed by atoms with Crippen molar-refractivity contribution in [3.05, 3.63) is 18.0 Å². The van der Waals surface area contributed by atoms with Gasteiger partial charge in [0.2, 0.25) is 5.95 Å². The number of carbonyl (C=O) groups is 1. The SMILES string of the molecule is CCC(C=O)c1ccnc(NSC2CC2)n1. The molecule has 16 heavy (non-hydrogen) atoms. The molecule has 1 unspecified atom stereocenters. The molecule has 4 nitrogen and oxygen atoms in total. The van der Waals surface area contributed by atoms with Crippen molar-refractivity contribution in [3.8, 4) is 0 Å². The molecule has 0 amide bonds. The van der Waals surface area contributed by atoms with E-state index in [1.807, 2.05) is 6.92 Å². The molecule has 1 aliphatic carbocycles. The molecule has 1 atom stereocenters. The van der Waals surface area contributed by atoms with Crippen LogP contribution in [0.4, 0.5) is 5.95 Å². The Morgan fingerprint density at radius 2 is 2.50 bits per heavy atom. The minimum atomic E-state index is -0.116. The average Bonchev–Trinajstić information content (AvgIpc) is 3.13. The van der Waals surface area contributed by atoms with Gasteiger partial charge in [0.25, 0.3) is 0 Å². The summed E-state index contributed by atoms with van der Waals surface area (Å²) in [5, 5.41) is 0.709. The predicted octanol–water partition coefficient (Wildman–Crippen LogP) is 2.39. The lowest BCUT2D eigenvalue weighted by Crippen LogP contribution is -2.04. The average molecular weight is 237 g/mol. The standard InChI is InChI=1S/C11H15N3OS/c1-2-8(7-15)10-5-6-12-11(13-10)14-16-9-3-4-9/h5-9H,2-4H2,1H3,(H,12,13,14). The van der Waals surface area contributed by atoms with Crippen molar-refractivity contribution in [2.45, 2.75) is 37.4 Å². The maximum absolute atomic E-state index is 10.8. The third-order valence-corrected chi connectivity index (χ3v) is 3.61. The van der Waals surface area contributed by atoms with Crippen LogP contribution < -0.4 is 4.72 Å². The number of nitrogens with zero attached hydrogens (tertiary/aromatic N) is 2. The van der Waals surface area contributed by atoms with Crippen molar-refractivity contribution in [2.24, 2.45) is 0 Å². The molecule has 0 bridgehead atoms. The quantitative estimate of drug-likeness (QED) is 0.608. The molecular formula is C11H15N3OS. The Morgan fingerprint density at radius 1 is 1.69 bits per heavy atom. The number of aldehydes is 1. The Labute approximate surface area is 99.4 Å². The largest absolute Gasteiger partial charge is 0.303 e. The Morgan fingerprint density at radius 3 is 3.12 bits per heavy atom. The molecule has 1 aromatic rings. The number of hydrogen-bond donors (Lipinski definition) is 1. The van der Waals surface area contributed by atoms with Gasteiger partial charge in [0.05, 0.1) is 11.6 Å². The summed E-state index contributed by atoms with van der Waals surface area (Å²) in [7, 11) is 0. The van der Waals surface area contributed by atoms with E-state index in [9.17, 15) is 4.79 Å². The van der Waals surface area contributed by atoms with Gasteiger partial charge in [0.1, 0.15) is 6.29 Å². The van der Waals surface area contributed by atoms with E-state index in [1.54, 1.807) is 24.2 Å². The van der Waals surface area contributed by atoms with E-state index in [2.05, 4.69) is 14.7 Å². The first-order chi connectivity index (χ1) is 7.83. The summed E-state index contributed by atoms with van der Waals surface area (Å²) in [5.74, 6) is 0.490. The summed E-state index contributed by atoms with van der Waals surface area (Å²) in [4.78, 5) is 19.3. The lowest BCUT2D eigenvalue weighted by molar-refractivity contribution is -0.109. The van der Waals surface area contributed by atoms with Crippen LogP contribution in [0.2, 0.25) is 0 Å². The fourth-order valence-electron chi connectivity index (χ4n) is 1.33. The van der Waals surface area contributed by atoms with Crippen LogP contribution in [-0.2, 0) is 4.79 Å². The Balaban J connectivity index is 2.01. The van der Waals surface area contributed by atoms with Gasteiger partial charge >= 0.3 is 0 Å². The van der Waals surface area contributed by atoms with Gasteiger partial charge in [-0.05, 0) is 37.3 Å². The van der Waals surface area contributed by atoms with E-state index in [-0.39, 0.29) is 5.92 Å². The van der Waals surface area contributed by atoms with Gasteiger partial charge < -0.3 is 4.79 Å². The van der Waals surface area contributed by atoms with Crippen LogP contribution in [0, 0.1) is 0 Å². The van der Waals surface area contributed by atoms with Crippen LogP contribution in [0.3, 0.4) is 0 Å². The fourth-order valence-corrected chi connectivity index (χ4v) is 2.07. The zero-order valence-corrected chi connectivity index (χ0v) is 10.0. The lowest BCUT2D eigenvalue weighted by atomic mass is 10.0. The normalized spacial score (nSPS) is 16.8. The first kappa shape index (κ1) is 11.4. The number of carbonyl (C=O) groups excluding carboxylic acids is 1. The van der Waals surface area contributed by atoms with Crippen molar-refractivity contribution in [2.75, 3.05) is 4.72 Å². The molecule has 1 aromatic heterocycles. The van der Waals surface area contributed by atoms with Gasteiger partial charge in [-0.3, -0.25) is 4.72 Å². The molecule has 1 N–H and O–H groups in total. The first-order valence-corrected chi connectivity index (χ1v) is 6.41. The fraction of sp³-hybridized carbons (Fsp3) is 0.545. The van der Waals surface area contributed by atoms with Crippen molar-refractivity contribution in [3.63, 3.8) is 0 Å². The van der Waals surface area contributed by atoms with E-state index < -0.39 is 0 Å². The molecule has 2 rings (SSSR count). The second-order valence-electron chi connectivity index (χ2n) is 3.88. The summed E-state index contributed by atoms with van der Waals surface area (Å²) in [6.45, 7) is 1.98. The molecule has 0 spiro atoms. The third-order valence-electron chi connectivity index (χ3n) is 2.50. The van der Waals surface area contributed by atoms with Gasteiger partial charge in [0.15, 0.2) is 0 Å². The molecule has 1 aliphatic rings. The van der Waals surface area contributed by atoms with Crippen LogP contribution in [-0.4, -0.2) is 21.5 Å². The monoisotopic (exact) mass is 237 g/mol. The number of rotatable bonds is 6. The van der Waals surface area contributed by atoms with Crippen molar-refractivity contribution in [1.82, 2.24) is 9.97 Å². The van der Waals surface area contributed by atoms with E-state index in [0.29, 0.717) is 11.2 Å². The third kappa shape index (κ3) is 2.95. The maximum atomic E-state index is 10.8. The van der Waals surface area contributed by atoms with Gasteiger partial charge in [-0.2, -0.15) is 0 Å². The summed E-state index contributed by atoms with van der Waals surface area (Å²) >= 11 is 1.67. The Hall–Kier alpha value is -1.10. The predicted molar refractivity (Wildman–Crippen MR) is 65.4 cm³/mol. The van der Waals surface area contributed by atoms with Crippen LogP contribution in [0.15, 0.2) is 12.3 Å². The molecule has 0 radical (unpaired) electrons. The Kier molecular flexibility index (Phi) is 3.77. The summed E-state index contributed by atoms with van der Waals surface area (Å²) in [6.07, 6.45) is 5.95. The molecule has 1 heterocycles. The van der Waals surface area contributed by atoms with E-state index in [4.69, 9.17) is 0 Å². The highest BCUT2D eigenvalue weighted by molar-refractivity contribution is 8.01. The minimum absolute atomic E-state index is 0.116. The molecule has 5 heteroatoms. The number of hydrogen-bond acceptors (Lipinski definition) is 5. The topological polar surface area (TPSA) is 54.9 Å². The van der Waals surface area contributed by atoms with Gasteiger partial charge in [-0.15, -0.1) is 0 Å². The lowest BCUT2D eigenvalue weighted by Gasteiger charge is -2.08. The van der Waals surface area contributed by atoms with Crippen LogP contribution in [0.1, 0.15) is 37.8 Å². The number of anilines is 1. The highest BCUT2D eigenvalue weighted by Crippen LogP contribution is 2.33. The van der Waals surface area contributed by atoms with Crippen LogP contribution >= 0.6 is 11.9 Å². The molecule has 1 saturated carbocycles. The number of nitrogens with one attached hydrogen (secondary N) is 1. The zero-order valence-electron chi connectivity index (χ0n) is 9.22. The molecule has 1 fully saturated rings. The molecule has 0 aromatic carbocycles. The smallest absolute Gasteiger partial charge is 0.233 e. The molecular weight excluding hydrogens is 222 g/mol. The second kappa shape index (κ2) is 5.30. The minimum Gasteiger partial charge on any atom is -0.303 e. The zero-order chi connectivity index (χ0) is 11.4. The van der Waals surface area contributed by atoms with E-state index >= 15 is 0 Å². The van der Waals surface area contributed by atoms with Crippen LogP contribution in [0.5, 0.6) is 0 Å². The van der Waals surface area contributed by atoms with E-state index in [0.717, 1.165) is 18.4 Å². The van der Waals surface area contributed by atoms with Gasteiger partial charge in [0, 0.05) is 11.4 Å². The van der Waals surface area contributed by atoms with Crippen molar-refractivity contribution < 1.29 is 4.79 Å². The van der Waals surface area contributed by atoms with Crippen molar-refractivity contribution in [1.29, 1.82) is 0 Å². The van der Waals surface area contributed by atoms with Gasteiger partial charge in [-0.25, -0.2) is 9.97 Å². The van der Waals surface area contributed by atoms with Crippen LogP contribution in [0.25, 0.3) is 0 Å².